The Bertz CT molecular complexity index is 415. The van der Waals surface area contributed by atoms with E-state index in [0.717, 1.165) is 12.0 Å². The SMILES string of the molecule is CC=CCC=C(CC1C=CC(CCO)C(O)(S)O1)C(O)CC. The van der Waals surface area contributed by atoms with E-state index >= 15 is 0 Å². The van der Waals surface area contributed by atoms with Gasteiger partial charge in [-0.3, -0.25) is 0 Å². The first kappa shape index (κ1) is 19.5. The van der Waals surface area contributed by atoms with E-state index in [9.17, 15) is 10.2 Å². The third-order valence-corrected chi connectivity index (χ3v) is 4.25. The van der Waals surface area contributed by atoms with E-state index < -0.39 is 11.2 Å². The Labute approximate surface area is 138 Å². The van der Waals surface area contributed by atoms with Crippen LogP contribution >= 0.6 is 12.6 Å². The summed E-state index contributed by atoms with van der Waals surface area (Å²) in [5.41, 5.74) is 0.903. The van der Waals surface area contributed by atoms with Crippen LogP contribution in [0.1, 0.15) is 39.5 Å². The van der Waals surface area contributed by atoms with Crippen molar-refractivity contribution in [3.8, 4) is 0 Å². The molecule has 3 N–H and O–H groups in total. The normalized spacial score (nSPS) is 30.9. The average Bonchev–Trinajstić information content (AvgIpc) is 2.48. The molecule has 4 atom stereocenters. The highest BCUT2D eigenvalue weighted by molar-refractivity contribution is 7.81. The summed E-state index contributed by atoms with van der Waals surface area (Å²) in [5, 5.41) is 27.8. The molecule has 1 aliphatic rings. The number of allylic oxidation sites excluding steroid dienone is 3. The first-order valence-corrected chi connectivity index (χ1v) is 8.29. The molecule has 0 amide bonds. The highest BCUT2D eigenvalue weighted by Gasteiger charge is 2.37. The van der Waals surface area contributed by atoms with E-state index in [0.29, 0.717) is 19.3 Å². The van der Waals surface area contributed by atoms with Gasteiger partial charge in [0.15, 0.2) is 0 Å². The molecule has 1 heterocycles. The molecule has 0 fully saturated rings. The predicted molar refractivity (Wildman–Crippen MR) is 91.6 cm³/mol. The van der Waals surface area contributed by atoms with Crippen molar-refractivity contribution in [3.05, 3.63) is 36.0 Å². The predicted octanol–water partition coefficient (Wildman–Crippen LogP) is 2.57. The molecule has 0 saturated carbocycles. The van der Waals surface area contributed by atoms with Crippen molar-refractivity contribution in [3.63, 3.8) is 0 Å². The molecule has 0 aromatic heterocycles. The molecule has 0 saturated heterocycles. The molecular formula is C17H28O4S. The molecule has 126 valence electrons. The lowest BCUT2D eigenvalue weighted by Crippen LogP contribution is -2.41. The van der Waals surface area contributed by atoms with E-state index in [4.69, 9.17) is 9.84 Å². The van der Waals surface area contributed by atoms with Crippen LogP contribution in [-0.2, 0) is 4.74 Å². The van der Waals surface area contributed by atoms with Crippen LogP contribution in [0.15, 0.2) is 36.0 Å². The van der Waals surface area contributed by atoms with Crippen molar-refractivity contribution in [2.24, 2.45) is 5.92 Å². The second-order valence-corrected chi connectivity index (χ2v) is 6.17. The summed E-state index contributed by atoms with van der Waals surface area (Å²) in [5.74, 6) is -0.344. The lowest BCUT2D eigenvalue weighted by molar-refractivity contribution is -0.182. The van der Waals surface area contributed by atoms with Gasteiger partial charge in [-0.15, -0.1) is 12.6 Å². The zero-order chi connectivity index (χ0) is 16.6. The summed E-state index contributed by atoms with van der Waals surface area (Å²) in [7, 11) is 0. The van der Waals surface area contributed by atoms with Crippen molar-refractivity contribution < 1.29 is 20.1 Å². The smallest absolute Gasteiger partial charge is 0.219 e. The summed E-state index contributed by atoms with van der Waals surface area (Å²) in [6.45, 7) is 3.85. The Hall–Kier alpha value is -0.590. The number of hydrogen-bond acceptors (Lipinski definition) is 5. The van der Waals surface area contributed by atoms with Crippen LogP contribution in [0.2, 0.25) is 0 Å². The van der Waals surface area contributed by atoms with E-state index in [1.165, 1.54) is 0 Å². The number of thiol groups is 1. The largest absolute Gasteiger partial charge is 0.396 e. The van der Waals surface area contributed by atoms with Gasteiger partial charge in [0.05, 0.1) is 12.2 Å². The summed E-state index contributed by atoms with van der Waals surface area (Å²) in [4.78, 5) is 0. The third-order valence-electron chi connectivity index (χ3n) is 3.81. The molecule has 0 aromatic carbocycles. The number of hydrogen-bond donors (Lipinski definition) is 4. The fourth-order valence-corrected chi connectivity index (χ4v) is 2.82. The van der Waals surface area contributed by atoms with Crippen molar-refractivity contribution in [2.75, 3.05) is 6.61 Å². The van der Waals surface area contributed by atoms with Crippen LogP contribution in [0.25, 0.3) is 0 Å². The molecule has 0 spiro atoms. The van der Waals surface area contributed by atoms with Gasteiger partial charge in [-0.05, 0) is 31.8 Å². The second kappa shape index (κ2) is 9.53. The molecule has 4 unspecified atom stereocenters. The van der Waals surface area contributed by atoms with Crippen LogP contribution in [0, 0.1) is 5.92 Å². The summed E-state index contributed by atoms with van der Waals surface area (Å²) in [6, 6.07) is 0. The fourth-order valence-electron chi connectivity index (χ4n) is 2.47. The third kappa shape index (κ3) is 5.89. The Morgan fingerprint density at radius 2 is 2.18 bits per heavy atom. The van der Waals surface area contributed by atoms with Crippen LogP contribution in [-0.4, -0.2) is 39.3 Å². The van der Waals surface area contributed by atoms with Gasteiger partial charge in [0.25, 0.3) is 0 Å². The molecule has 1 aliphatic heterocycles. The van der Waals surface area contributed by atoms with Gasteiger partial charge in [-0.2, -0.15) is 0 Å². The standard InChI is InChI=1S/C17H28O4S/c1-3-5-6-7-13(16(19)4-2)12-15-9-8-14(10-11-18)17(20,22)21-15/h3,5,7-9,14-16,18-20,22H,4,6,10-12H2,1-2H3. The maximum Gasteiger partial charge on any atom is 0.219 e. The highest BCUT2D eigenvalue weighted by Crippen LogP contribution is 2.35. The minimum atomic E-state index is -1.59. The maximum absolute atomic E-state index is 10.2. The molecule has 5 heteroatoms. The lowest BCUT2D eigenvalue weighted by Gasteiger charge is -2.36. The molecule has 0 aliphatic carbocycles. The molecule has 22 heavy (non-hydrogen) atoms. The van der Waals surface area contributed by atoms with Crippen molar-refractivity contribution >= 4 is 12.6 Å². The fraction of sp³-hybridized carbons (Fsp3) is 0.647. The van der Waals surface area contributed by atoms with E-state index in [-0.39, 0.29) is 18.6 Å². The van der Waals surface area contributed by atoms with E-state index in [2.05, 4.69) is 12.6 Å². The monoisotopic (exact) mass is 328 g/mol. The number of ether oxygens (including phenoxy) is 1. The minimum Gasteiger partial charge on any atom is -0.396 e. The Balaban J connectivity index is 2.78. The Morgan fingerprint density at radius 3 is 2.73 bits per heavy atom. The van der Waals surface area contributed by atoms with Gasteiger partial charge in [-0.25, -0.2) is 0 Å². The Morgan fingerprint density at radius 1 is 1.45 bits per heavy atom. The van der Waals surface area contributed by atoms with Gasteiger partial charge < -0.3 is 20.1 Å². The number of rotatable bonds is 8. The molecule has 1 rings (SSSR count). The van der Waals surface area contributed by atoms with Gasteiger partial charge in [0, 0.05) is 18.9 Å². The van der Waals surface area contributed by atoms with Gasteiger partial charge in [0.2, 0.25) is 5.12 Å². The van der Waals surface area contributed by atoms with Crippen molar-refractivity contribution in [2.45, 2.75) is 56.9 Å². The molecule has 4 nitrogen and oxygen atoms in total. The highest BCUT2D eigenvalue weighted by atomic mass is 32.1. The minimum absolute atomic E-state index is 0.0328. The molecule has 0 radical (unpaired) electrons. The van der Waals surface area contributed by atoms with E-state index in [1.54, 1.807) is 0 Å². The second-order valence-electron chi connectivity index (χ2n) is 5.53. The summed E-state index contributed by atoms with van der Waals surface area (Å²) < 4.78 is 5.62. The zero-order valence-electron chi connectivity index (χ0n) is 13.4. The first-order valence-electron chi connectivity index (χ1n) is 7.84. The number of aliphatic hydroxyl groups excluding tert-OH is 2. The number of aliphatic hydroxyl groups is 3. The lowest BCUT2D eigenvalue weighted by atomic mass is 9.95. The van der Waals surface area contributed by atoms with E-state index in [1.807, 2.05) is 44.2 Å². The van der Waals surface area contributed by atoms with Crippen LogP contribution in [0.4, 0.5) is 0 Å². The summed E-state index contributed by atoms with van der Waals surface area (Å²) in [6.07, 6.45) is 11.2. The van der Waals surface area contributed by atoms with Crippen molar-refractivity contribution in [1.29, 1.82) is 0 Å². The quantitative estimate of drug-likeness (QED) is 0.314. The maximum atomic E-state index is 10.2. The Kier molecular flexibility index (Phi) is 8.43. The van der Waals surface area contributed by atoms with Gasteiger partial charge in [0.1, 0.15) is 0 Å². The molecule has 0 bridgehead atoms. The average molecular weight is 328 g/mol. The molecule has 0 aromatic rings. The molecular weight excluding hydrogens is 300 g/mol. The van der Waals surface area contributed by atoms with Gasteiger partial charge in [-0.1, -0.05) is 37.3 Å². The van der Waals surface area contributed by atoms with Crippen LogP contribution in [0.3, 0.4) is 0 Å². The van der Waals surface area contributed by atoms with Crippen molar-refractivity contribution in [1.82, 2.24) is 0 Å². The van der Waals surface area contributed by atoms with Crippen LogP contribution < -0.4 is 0 Å². The topological polar surface area (TPSA) is 69.9 Å². The zero-order valence-corrected chi connectivity index (χ0v) is 14.2. The van der Waals surface area contributed by atoms with Gasteiger partial charge >= 0.3 is 0 Å². The first-order chi connectivity index (χ1) is 10.4. The van der Waals surface area contributed by atoms with Crippen LogP contribution in [0.5, 0.6) is 0 Å². The summed E-state index contributed by atoms with van der Waals surface area (Å²) >= 11 is 4.17.